The number of nitrogens with one attached hydrogen (secondary N) is 1. The Balaban J connectivity index is 0.00000338. The monoisotopic (exact) mass is 455 g/mol. The number of amides is 1. The van der Waals surface area contributed by atoms with E-state index >= 15 is 0 Å². The van der Waals surface area contributed by atoms with E-state index in [1.807, 2.05) is 13.8 Å². The van der Waals surface area contributed by atoms with Crippen LogP contribution >= 0.6 is 48.0 Å². The number of aryl methyl sites for hydroxylation is 1. The van der Waals surface area contributed by atoms with Crippen molar-refractivity contribution in [2.45, 2.75) is 45.1 Å². The molecule has 0 unspecified atom stereocenters. The van der Waals surface area contributed by atoms with Gasteiger partial charge in [0.05, 0.1) is 11.2 Å². The summed E-state index contributed by atoms with van der Waals surface area (Å²) in [7, 11) is 0. The first-order valence-corrected chi connectivity index (χ1v) is 9.08. The van der Waals surface area contributed by atoms with Crippen LogP contribution in [0.15, 0.2) is 28.8 Å². The predicted molar refractivity (Wildman–Crippen MR) is 115 cm³/mol. The lowest BCUT2D eigenvalue weighted by Gasteiger charge is -2.26. The van der Waals surface area contributed by atoms with E-state index in [4.69, 9.17) is 33.4 Å². The molecule has 9 heteroatoms. The van der Waals surface area contributed by atoms with Crippen LogP contribution in [0.5, 0.6) is 0 Å². The summed E-state index contributed by atoms with van der Waals surface area (Å²) < 4.78 is 5.69. The highest BCUT2D eigenvalue weighted by Gasteiger charge is 2.21. The predicted octanol–water partition coefficient (Wildman–Crippen LogP) is 5.06. The highest BCUT2D eigenvalue weighted by Crippen LogP contribution is 2.30. The van der Waals surface area contributed by atoms with Crippen molar-refractivity contribution in [2.24, 2.45) is 5.73 Å². The van der Waals surface area contributed by atoms with Crippen molar-refractivity contribution in [3.05, 3.63) is 40.3 Å². The smallest absolute Gasteiger partial charge is 0.220 e. The average Bonchev–Trinajstić information content (AvgIpc) is 3.06. The molecule has 0 spiro atoms. The Kier molecular flexibility index (Phi) is 11.3. The van der Waals surface area contributed by atoms with Crippen molar-refractivity contribution in [3.8, 4) is 11.3 Å². The maximum absolute atomic E-state index is 12.0. The van der Waals surface area contributed by atoms with Crippen molar-refractivity contribution >= 4 is 53.9 Å². The summed E-state index contributed by atoms with van der Waals surface area (Å²) in [4.78, 5) is 16.2. The Morgan fingerprint density at radius 2 is 1.93 bits per heavy atom. The van der Waals surface area contributed by atoms with E-state index in [0.717, 1.165) is 12.8 Å². The van der Waals surface area contributed by atoms with E-state index in [0.29, 0.717) is 40.2 Å². The number of carbonyl (C=O) groups excluding carboxylic acids is 1. The van der Waals surface area contributed by atoms with Gasteiger partial charge in [-0.2, -0.15) is 0 Å². The second kappa shape index (κ2) is 11.8. The molecule has 1 heterocycles. The third kappa shape index (κ3) is 7.51. The van der Waals surface area contributed by atoms with Gasteiger partial charge in [-0.1, -0.05) is 37.0 Å². The Labute approximate surface area is 182 Å². The molecule has 0 saturated heterocycles. The number of nitrogens with zero attached hydrogens (tertiary/aromatic N) is 1. The van der Waals surface area contributed by atoms with Gasteiger partial charge in [-0.05, 0) is 31.0 Å². The number of hydrogen-bond acceptors (Lipinski definition) is 4. The lowest BCUT2D eigenvalue weighted by Crippen LogP contribution is -2.49. The van der Waals surface area contributed by atoms with Gasteiger partial charge in [-0.15, -0.1) is 24.8 Å². The highest BCUT2D eigenvalue weighted by atomic mass is 35.5. The Morgan fingerprint density at radius 1 is 1.26 bits per heavy atom. The quantitative estimate of drug-likeness (QED) is 0.581. The molecule has 2 rings (SSSR count). The Morgan fingerprint density at radius 3 is 2.52 bits per heavy atom. The molecule has 152 valence electrons. The third-order valence-corrected chi connectivity index (χ3v) is 4.91. The standard InChI is InChI=1S/C18H23Cl2N3O2.2ClH/c1-3-18(21,4-2)11-23-16(24)7-8-17-22-10-15(25-17)13-6-5-12(19)9-14(13)20;;/h5-6,9-10H,3-4,7-8,11,21H2,1-2H3,(H,23,24);2*1H. The number of halogens is 4. The minimum Gasteiger partial charge on any atom is -0.441 e. The number of rotatable bonds is 8. The van der Waals surface area contributed by atoms with E-state index in [1.54, 1.807) is 24.4 Å². The molecule has 0 atom stereocenters. The van der Waals surface area contributed by atoms with Crippen molar-refractivity contribution in [3.63, 3.8) is 0 Å². The van der Waals surface area contributed by atoms with Gasteiger partial charge in [0.25, 0.3) is 0 Å². The van der Waals surface area contributed by atoms with E-state index in [2.05, 4.69) is 10.3 Å². The van der Waals surface area contributed by atoms with Crippen LogP contribution in [0.25, 0.3) is 11.3 Å². The van der Waals surface area contributed by atoms with Gasteiger partial charge < -0.3 is 15.5 Å². The zero-order chi connectivity index (χ0) is 18.4. The zero-order valence-electron chi connectivity index (χ0n) is 15.3. The number of hydrogen-bond donors (Lipinski definition) is 2. The lowest BCUT2D eigenvalue weighted by molar-refractivity contribution is -0.121. The van der Waals surface area contributed by atoms with Crippen molar-refractivity contribution in [1.29, 1.82) is 0 Å². The highest BCUT2D eigenvalue weighted by molar-refractivity contribution is 6.36. The number of carbonyl (C=O) groups is 1. The minimum atomic E-state index is -0.350. The molecule has 0 aliphatic carbocycles. The summed E-state index contributed by atoms with van der Waals surface area (Å²) in [5.41, 5.74) is 6.54. The zero-order valence-corrected chi connectivity index (χ0v) is 18.4. The summed E-state index contributed by atoms with van der Waals surface area (Å²) in [5, 5.41) is 3.93. The maximum atomic E-state index is 12.0. The summed E-state index contributed by atoms with van der Waals surface area (Å²) in [6.45, 7) is 4.51. The summed E-state index contributed by atoms with van der Waals surface area (Å²) in [5.74, 6) is 0.970. The normalized spacial score (nSPS) is 10.7. The largest absolute Gasteiger partial charge is 0.441 e. The van der Waals surface area contributed by atoms with Crippen LogP contribution < -0.4 is 11.1 Å². The fourth-order valence-electron chi connectivity index (χ4n) is 2.32. The molecule has 0 aliphatic heterocycles. The van der Waals surface area contributed by atoms with Crippen molar-refractivity contribution < 1.29 is 9.21 Å². The number of nitrogens with two attached hydrogens (primary N) is 1. The van der Waals surface area contributed by atoms with E-state index in [-0.39, 0.29) is 42.7 Å². The molecule has 0 bridgehead atoms. The van der Waals surface area contributed by atoms with E-state index in [1.165, 1.54) is 0 Å². The minimum absolute atomic E-state index is 0. The number of oxazole rings is 1. The molecule has 0 saturated carbocycles. The van der Waals surface area contributed by atoms with Crippen LogP contribution in [0, 0.1) is 0 Å². The van der Waals surface area contributed by atoms with Crippen molar-refractivity contribution in [2.75, 3.05) is 6.54 Å². The third-order valence-electron chi connectivity index (χ3n) is 4.36. The molecular formula is C18H25Cl4N3O2. The van der Waals surface area contributed by atoms with Gasteiger partial charge in [0, 0.05) is 35.5 Å². The van der Waals surface area contributed by atoms with Gasteiger partial charge in [0.1, 0.15) is 0 Å². The number of benzene rings is 1. The molecule has 0 aliphatic rings. The van der Waals surface area contributed by atoms with Crippen LogP contribution in [0.3, 0.4) is 0 Å². The van der Waals surface area contributed by atoms with Crippen LogP contribution in [-0.4, -0.2) is 23.0 Å². The molecule has 1 aromatic carbocycles. The van der Waals surface area contributed by atoms with E-state index in [9.17, 15) is 4.79 Å². The van der Waals surface area contributed by atoms with E-state index < -0.39 is 0 Å². The summed E-state index contributed by atoms with van der Waals surface area (Å²) in [6, 6.07) is 5.16. The van der Waals surface area contributed by atoms with Gasteiger partial charge in [0.2, 0.25) is 5.91 Å². The second-order valence-corrected chi connectivity index (χ2v) is 6.93. The summed E-state index contributed by atoms with van der Waals surface area (Å²) >= 11 is 12.1. The molecule has 3 N–H and O–H groups in total. The van der Waals surface area contributed by atoms with Crippen LogP contribution in [-0.2, 0) is 11.2 Å². The topological polar surface area (TPSA) is 81.1 Å². The molecule has 0 fully saturated rings. The molecule has 2 aromatic rings. The van der Waals surface area contributed by atoms with Crippen molar-refractivity contribution in [1.82, 2.24) is 10.3 Å². The molecular weight excluding hydrogens is 432 g/mol. The molecule has 0 radical (unpaired) electrons. The second-order valence-electron chi connectivity index (χ2n) is 6.09. The SMILES string of the molecule is CCC(N)(CC)CNC(=O)CCc1ncc(-c2ccc(Cl)cc2Cl)o1.Cl.Cl. The lowest BCUT2D eigenvalue weighted by atomic mass is 9.94. The van der Waals surface area contributed by atoms with Crippen LogP contribution in [0.4, 0.5) is 0 Å². The average molecular weight is 457 g/mol. The van der Waals surface area contributed by atoms with Gasteiger partial charge in [0.15, 0.2) is 11.7 Å². The summed E-state index contributed by atoms with van der Waals surface area (Å²) in [6.07, 6.45) is 3.93. The Bertz CT molecular complexity index is 733. The Hall–Kier alpha value is -0.980. The maximum Gasteiger partial charge on any atom is 0.220 e. The van der Waals surface area contributed by atoms with Crippen LogP contribution in [0.1, 0.15) is 39.0 Å². The van der Waals surface area contributed by atoms with Gasteiger partial charge in [-0.3, -0.25) is 4.79 Å². The first-order chi connectivity index (χ1) is 11.9. The fourth-order valence-corrected chi connectivity index (χ4v) is 2.82. The molecule has 1 amide bonds. The fraction of sp³-hybridized carbons (Fsp3) is 0.444. The number of aromatic nitrogens is 1. The first kappa shape index (κ1) is 26.0. The van der Waals surface area contributed by atoms with Crippen LogP contribution in [0.2, 0.25) is 10.0 Å². The van der Waals surface area contributed by atoms with Gasteiger partial charge in [-0.25, -0.2) is 4.98 Å². The van der Waals surface area contributed by atoms with Gasteiger partial charge >= 0.3 is 0 Å². The molecule has 5 nitrogen and oxygen atoms in total. The molecule has 27 heavy (non-hydrogen) atoms. The first-order valence-electron chi connectivity index (χ1n) is 8.32. The molecule has 1 aromatic heterocycles.